The molecule has 3 rings (SSSR count). The zero-order valence-corrected chi connectivity index (χ0v) is 13.4. The van der Waals surface area contributed by atoms with Crippen molar-refractivity contribution in [3.05, 3.63) is 49.6 Å². The Morgan fingerprint density at radius 3 is 2.73 bits per heavy atom. The number of nitrogens with zero attached hydrogens (tertiary/aromatic N) is 4. The number of rotatable bonds is 3. The van der Waals surface area contributed by atoms with Gasteiger partial charge in [-0.15, -0.1) is 11.3 Å². The number of aromatic nitrogens is 4. The number of aryl methyl sites for hydroxylation is 2. The first kappa shape index (κ1) is 14.7. The number of fused-ring (bicyclic) bond motifs is 1. The highest BCUT2D eigenvalue weighted by Gasteiger charge is 2.17. The highest BCUT2D eigenvalue weighted by Crippen LogP contribution is 2.19. The van der Waals surface area contributed by atoms with Crippen LogP contribution in [0.3, 0.4) is 0 Å². The van der Waals surface area contributed by atoms with Crippen molar-refractivity contribution in [2.45, 2.75) is 20.4 Å². The second kappa shape index (κ2) is 5.22. The molecule has 9 heteroatoms. The normalized spacial score (nSPS) is 11.2. The Balaban J connectivity index is 2.12. The number of thiazole rings is 1. The zero-order chi connectivity index (χ0) is 16.0. The van der Waals surface area contributed by atoms with Crippen molar-refractivity contribution < 1.29 is 4.79 Å². The minimum absolute atomic E-state index is 0.183. The molecule has 7 nitrogen and oxygen atoms in total. The topological polar surface area (TPSA) is 95.3 Å². The molecule has 0 fully saturated rings. The Hall–Kier alpha value is -2.19. The largest absolute Gasteiger partial charge is 0.364 e. The maximum absolute atomic E-state index is 12.3. The molecule has 114 valence electrons. The van der Waals surface area contributed by atoms with E-state index >= 15 is 0 Å². The summed E-state index contributed by atoms with van der Waals surface area (Å²) < 4.78 is 2.91. The summed E-state index contributed by atoms with van der Waals surface area (Å²) in [6.45, 7) is 3.92. The molecule has 3 aromatic rings. The molecular formula is C13H12ClN5O2S. The van der Waals surface area contributed by atoms with Gasteiger partial charge in [-0.1, -0.05) is 11.6 Å². The zero-order valence-electron chi connectivity index (χ0n) is 11.8. The Morgan fingerprint density at radius 2 is 2.14 bits per heavy atom. The van der Waals surface area contributed by atoms with Gasteiger partial charge in [-0.05, 0) is 19.9 Å². The third-order valence-corrected chi connectivity index (χ3v) is 4.38. The molecule has 0 aromatic carbocycles. The summed E-state index contributed by atoms with van der Waals surface area (Å²) in [5, 5.41) is 4.52. The van der Waals surface area contributed by atoms with Gasteiger partial charge in [-0.25, -0.2) is 9.38 Å². The first-order chi connectivity index (χ1) is 10.4. The molecule has 0 radical (unpaired) electrons. The molecule has 0 saturated heterocycles. The molecular weight excluding hydrogens is 326 g/mol. The standard InChI is InChI=1S/C13H12ClN5O2S/c1-6-3-9(14)17-18(6)5-8-4-10(20)19-11(12(15)21)7(2)22-13(19)16-8/h3-4H,5H2,1-2H3,(H2,15,21). The summed E-state index contributed by atoms with van der Waals surface area (Å²) in [7, 11) is 0. The average molecular weight is 338 g/mol. The Bertz CT molecular complexity index is 955. The second-order valence-electron chi connectivity index (χ2n) is 4.84. The highest BCUT2D eigenvalue weighted by atomic mass is 35.5. The molecule has 0 bridgehead atoms. The van der Waals surface area contributed by atoms with E-state index in [-0.39, 0.29) is 11.3 Å². The van der Waals surface area contributed by atoms with Crippen LogP contribution in [0.2, 0.25) is 5.15 Å². The Morgan fingerprint density at radius 1 is 1.41 bits per heavy atom. The number of carbonyl (C=O) groups is 1. The summed E-state index contributed by atoms with van der Waals surface area (Å²) in [5.41, 5.74) is 6.59. The Labute approximate surface area is 134 Å². The summed E-state index contributed by atoms with van der Waals surface area (Å²) in [6.07, 6.45) is 0. The van der Waals surface area contributed by atoms with Crippen LogP contribution in [0.15, 0.2) is 16.9 Å². The highest BCUT2D eigenvalue weighted by molar-refractivity contribution is 7.17. The fraction of sp³-hybridized carbons (Fsp3) is 0.231. The number of primary amides is 1. The quantitative estimate of drug-likeness (QED) is 0.780. The van der Waals surface area contributed by atoms with Gasteiger partial charge in [0.25, 0.3) is 11.5 Å². The molecule has 0 aliphatic rings. The summed E-state index contributed by atoms with van der Waals surface area (Å²) in [6, 6.07) is 3.11. The number of hydrogen-bond acceptors (Lipinski definition) is 5. The van der Waals surface area contributed by atoms with E-state index in [4.69, 9.17) is 17.3 Å². The van der Waals surface area contributed by atoms with Crippen LogP contribution in [0.1, 0.15) is 26.8 Å². The summed E-state index contributed by atoms with van der Waals surface area (Å²) >= 11 is 7.10. The second-order valence-corrected chi connectivity index (χ2v) is 6.41. The van der Waals surface area contributed by atoms with E-state index in [2.05, 4.69) is 10.1 Å². The lowest BCUT2D eigenvalue weighted by molar-refractivity contribution is 0.0994. The molecule has 0 spiro atoms. The van der Waals surface area contributed by atoms with Crippen molar-refractivity contribution in [3.63, 3.8) is 0 Å². The van der Waals surface area contributed by atoms with Crippen molar-refractivity contribution >= 4 is 33.8 Å². The van der Waals surface area contributed by atoms with Gasteiger partial charge in [0.05, 0.1) is 12.2 Å². The fourth-order valence-corrected chi connectivity index (χ4v) is 3.52. The van der Waals surface area contributed by atoms with E-state index in [1.165, 1.54) is 21.8 Å². The molecule has 0 aliphatic carbocycles. The number of carbonyl (C=O) groups excluding carboxylic acids is 1. The Kier molecular flexibility index (Phi) is 3.50. The van der Waals surface area contributed by atoms with E-state index < -0.39 is 5.91 Å². The lowest BCUT2D eigenvalue weighted by Crippen LogP contribution is -2.23. The molecule has 2 N–H and O–H groups in total. The maximum atomic E-state index is 12.3. The van der Waals surface area contributed by atoms with Gasteiger partial charge in [0, 0.05) is 16.6 Å². The van der Waals surface area contributed by atoms with E-state index in [0.717, 1.165) is 5.69 Å². The van der Waals surface area contributed by atoms with E-state index in [0.29, 0.717) is 27.2 Å². The predicted molar refractivity (Wildman–Crippen MR) is 83.7 cm³/mol. The molecule has 0 saturated carbocycles. The number of amides is 1. The molecule has 0 unspecified atom stereocenters. The third kappa shape index (κ3) is 2.40. The smallest absolute Gasteiger partial charge is 0.266 e. The van der Waals surface area contributed by atoms with Crippen molar-refractivity contribution in [2.24, 2.45) is 5.73 Å². The summed E-state index contributed by atoms with van der Waals surface area (Å²) in [5.74, 6) is -0.643. The van der Waals surface area contributed by atoms with Gasteiger partial charge in [-0.2, -0.15) is 5.10 Å². The minimum Gasteiger partial charge on any atom is -0.364 e. The van der Waals surface area contributed by atoms with Crippen LogP contribution in [0.25, 0.3) is 4.96 Å². The monoisotopic (exact) mass is 337 g/mol. The van der Waals surface area contributed by atoms with E-state index in [1.54, 1.807) is 17.7 Å². The summed E-state index contributed by atoms with van der Waals surface area (Å²) in [4.78, 5) is 29.3. The van der Waals surface area contributed by atoms with Crippen LogP contribution in [0.4, 0.5) is 0 Å². The van der Waals surface area contributed by atoms with Crippen LogP contribution < -0.4 is 11.3 Å². The minimum atomic E-state index is -0.643. The van der Waals surface area contributed by atoms with Gasteiger partial charge >= 0.3 is 0 Å². The third-order valence-electron chi connectivity index (χ3n) is 3.24. The molecule has 3 aromatic heterocycles. The first-order valence-corrected chi connectivity index (χ1v) is 7.58. The predicted octanol–water partition coefficient (Wildman–Crippen LogP) is 1.37. The van der Waals surface area contributed by atoms with Crippen molar-refractivity contribution in [1.29, 1.82) is 0 Å². The lowest BCUT2D eigenvalue weighted by Gasteiger charge is -2.04. The number of halogens is 1. The van der Waals surface area contributed by atoms with Crippen LogP contribution in [0.5, 0.6) is 0 Å². The van der Waals surface area contributed by atoms with Crippen LogP contribution in [0, 0.1) is 13.8 Å². The van der Waals surface area contributed by atoms with Crippen LogP contribution in [-0.2, 0) is 6.54 Å². The van der Waals surface area contributed by atoms with Gasteiger partial charge in [0.2, 0.25) is 0 Å². The molecule has 0 aliphatic heterocycles. The fourth-order valence-electron chi connectivity index (χ4n) is 2.27. The molecule has 22 heavy (non-hydrogen) atoms. The SMILES string of the molecule is Cc1sc2nc(Cn3nc(Cl)cc3C)cc(=O)n2c1C(N)=O. The lowest BCUT2D eigenvalue weighted by atomic mass is 10.3. The molecule has 1 amide bonds. The van der Waals surface area contributed by atoms with Crippen LogP contribution >= 0.6 is 22.9 Å². The maximum Gasteiger partial charge on any atom is 0.266 e. The molecule has 0 atom stereocenters. The first-order valence-electron chi connectivity index (χ1n) is 6.38. The van der Waals surface area contributed by atoms with Gasteiger partial charge in [0.1, 0.15) is 5.69 Å². The van der Waals surface area contributed by atoms with Gasteiger partial charge < -0.3 is 5.73 Å². The van der Waals surface area contributed by atoms with Crippen molar-refractivity contribution in [2.75, 3.05) is 0 Å². The van der Waals surface area contributed by atoms with Gasteiger partial charge in [-0.3, -0.25) is 14.3 Å². The average Bonchev–Trinajstić information content (AvgIpc) is 2.89. The van der Waals surface area contributed by atoms with Crippen molar-refractivity contribution in [3.8, 4) is 0 Å². The van der Waals surface area contributed by atoms with Crippen LogP contribution in [-0.4, -0.2) is 25.1 Å². The molecule has 3 heterocycles. The number of nitrogens with two attached hydrogens (primary N) is 1. The van der Waals surface area contributed by atoms with E-state index in [1.807, 2.05) is 6.92 Å². The van der Waals surface area contributed by atoms with Crippen molar-refractivity contribution in [1.82, 2.24) is 19.2 Å². The number of hydrogen-bond donors (Lipinski definition) is 1. The van der Waals surface area contributed by atoms with Gasteiger partial charge in [0.15, 0.2) is 10.1 Å². The van der Waals surface area contributed by atoms with E-state index in [9.17, 15) is 9.59 Å².